The Bertz CT molecular complexity index is 168. The highest BCUT2D eigenvalue weighted by molar-refractivity contribution is 5.67. The molecule has 1 heterocycles. The van der Waals surface area contributed by atoms with Crippen LogP contribution in [0, 0.1) is 0 Å². The summed E-state index contributed by atoms with van der Waals surface area (Å²) in [6.07, 6.45) is 4.93. The third-order valence-electron chi connectivity index (χ3n) is 2.67. The van der Waals surface area contributed by atoms with Crippen LogP contribution >= 0.6 is 0 Å². The Morgan fingerprint density at radius 1 is 1.54 bits per heavy atom. The fourth-order valence-electron chi connectivity index (χ4n) is 2.07. The number of carboxylic acid groups (broad SMARTS) is 1. The highest BCUT2D eigenvalue weighted by Gasteiger charge is 2.23. The normalized spacial score (nSPS) is 24.5. The van der Waals surface area contributed by atoms with Crippen molar-refractivity contribution in [1.82, 2.24) is 4.90 Å². The zero-order valence-electron chi connectivity index (χ0n) is 8.33. The summed E-state index contributed by atoms with van der Waals surface area (Å²) in [5.74, 6) is -0.659. The molecule has 0 aromatic heterocycles. The molecule has 76 valence electrons. The lowest BCUT2D eigenvalue weighted by atomic mass is 9.99. The van der Waals surface area contributed by atoms with Gasteiger partial charge in [-0.05, 0) is 32.4 Å². The van der Waals surface area contributed by atoms with Crippen molar-refractivity contribution in [2.45, 2.75) is 45.1 Å². The van der Waals surface area contributed by atoms with Crippen LogP contribution in [0.25, 0.3) is 0 Å². The van der Waals surface area contributed by atoms with Crippen molar-refractivity contribution < 1.29 is 9.90 Å². The van der Waals surface area contributed by atoms with E-state index < -0.39 is 5.97 Å². The van der Waals surface area contributed by atoms with Crippen molar-refractivity contribution in [3.05, 3.63) is 0 Å². The minimum Gasteiger partial charge on any atom is -0.481 e. The van der Waals surface area contributed by atoms with E-state index in [0.717, 1.165) is 25.9 Å². The maximum atomic E-state index is 10.6. The molecular weight excluding hydrogens is 166 g/mol. The largest absolute Gasteiger partial charge is 0.481 e. The van der Waals surface area contributed by atoms with E-state index in [2.05, 4.69) is 11.8 Å². The van der Waals surface area contributed by atoms with Gasteiger partial charge in [0.15, 0.2) is 0 Å². The second-order valence-corrected chi connectivity index (χ2v) is 3.78. The highest BCUT2D eigenvalue weighted by Crippen LogP contribution is 2.19. The molecule has 0 radical (unpaired) electrons. The lowest BCUT2D eigenvalue weighted by molar-refractivity contribution is -0.138. The average molecular weight is 185 g/mol. The first-order valence-electron chi connectivity index (χ1n) is 5.20. The van der Waals surface area contributed by atoms with Crippen molar-refractivity contribution >= 4 is 5.97 Å². The summed E-state index contributed by atoms with van der Waals surface area (Å²) in [5.41, 5.74) is 0. The van der Waals surface area contributed by atoms with Gasteiger partial charge in [-0.1, -0.05) is 13.3 Å². The zero-order valence-corrected chi connectivity index (χ0v) is 8.33. The minimum absolute atomic E-state index is 0.297. The first kappa shape index (κ1) is 10.5. The molecule has 0 aliphatic carbocycles. The summed E-state index contributed by atoms with van der Waals surface area (Å²) < 4.78 is 0. The second kappa shape index (κ2) is 5.22. The quantitative estimate of drug-likeness (QED) is 0.725. The molecule has 0 aromatic rings. The standard InChI is InChI=1S/C10H19NO2/c1-2-6-11-7-4-3-5-9(11)8-10(12)13/h9H,2-8H2,1H3,(H,12,13)/t9-/m1/s1. The molecule has 0 amide bonds. The summed E-state index contributed by atoms with van der Waals surface area (Å²) in [6, 6.07) is 0.297. The van der Waals surface area contributed by atoms with Gasteiger partial charge < -0.3 is 5.11 Å². The van der Waals surface area contributed by atoms with E-state index in [1.807, 2.05) is 0 Å². The van der Waals surface area contributed by atoms with Crippen LogP contribution < -0.4 is 0 Å². The summed E-state index contributed by atoms with van der Waals surface area (Å²) in [5, 5.41) is 8.73. The van der Waals surface area contributed by atoms with Gasteiger partial charge in [-0.3, -0.25) is 9.69 Å². The van der Waals surface area contributed by atoms with E-state index >= 15 is 0 Å². The molecule has 0 bridgehead atoms. The second-order valence-electron chi connectivity index (χ2n) is 3.78. The Morgan fingerprint density at radius 2 is 2.31 bits per heavy atom. The van der Waals surface area contributed by atoms with Crippen molar-refractivity contribution in [2.75, 3.05) is 13.1 Å². The smallest absolute Gasteiger partial charge is 0.304 e. The predicted molar refractivity (Wildman–Crippen MR) is 51.8 cm³/mol. The first-order valence-corrected chi connectivity index (χ1v) is 5.20. The molecule has 1 saturated heterocycles. The minimum atomic E-state index is -0.659. The van der Waals surface area contributed by atoms with Gasteiger partial charge in [0.2, 0.25) is 0 Å². The van der Waals surface area contributed by atoms with Crippen molar-refractivity contribution in [2.24, 2.45) is 0 Å². The van der Waals surface area contributed by atoms with E-state index in [0.29, 0.717) is 12.5 Å². The van der Waals surface area contributed by atoms with Crippen LogP contribution in [0.5, 0.6) is 0 Å². The Morgan fingerprint density at radius 3 is 2.92 bits per heavy atom. The monoisotopic (exact) mass is 185 g/mol. The Hall–Kier alpha value is -0.570. The van der Waals surface area contributed by atoms with E-state index in [1.165, 1.54) is 12.8 Å². The Kier molecular flexibility index (Phi) is 4.22. The van der Waals surface area contributed by atoms with Crippen molar-refractivity contribution in [1.29, 1.82) is 0 Å². The summed E-state index contributed by atoms with van der Waals surface area (Å²) >= 11 is 0. The number of hydrogen-bond donors (Lipinski definition) is 1. The van der Waals surface area contributed by atoms with Crippen LogP contribution in [0.2, 0.25) is 0 Å². The molecule has 1 aliphatic rings. The fourth-order valence-corrected chi connectivity index (χ4v) is 2.07. The molecule has 0 spiro atoms. The topological polar surface area (TPSA) is 40.5 Å². The number of carbonyl (C=O) groups is 1. The van der Waals surface area contributed by atoms with Crippen molar-refractivity contribution in [3.63, 3.8) is 0 Å². The molecular formula is C10H19NO2. The Labute approximate surface area is 79.7 Å². The average Bonchev–Trinajstić information content (AvgIpc) is 2.08. The van der Waals surface area contributed by atoms with Gasteiger partial charge in [-0.25, -0.2) is 0 Å². The molecule has 3 nitrogen and oxygen atoms in total. The number of hydrogen-bond acceptors (Lipinski definition) is 2. The fraction of sp³-hybridized carbons (Fsp3) is 0.900. The van der Waals surface area contributed by atoms with Crippen LogP contribution in [-0.2, 0) is 4.79 Å². The third-order valence-corrected chi connectivity index (χ3v) is 2.67. The van der Waals surface area contributed by atoms with Crippen LogP contribution in [0.15, 0.2) is 0 Å². The van der Waals surface area contributed by atoms with E-state index in [-0.39, 0.29) is 0 Å². The molecule has 3 heteroatoms. The van der Waals surface area contributed by atoms with E-state index in [4.69, 9.17) is 5.11 Å². The molecule has 1 fully saturated rings. The van der Waals surface area contributed by atoms with Crippen LogP contribution in [-0.4, -0.2) is 35.1 Å². The van der Waals surface area contributed by atoms with Gasteiger partial charge in [0.25, 0.3) is 0 Å². The SMILES string of the molecule is CCCN1CCCC[C@@H]1CC(=O)O. The van der Waals surface area contributed by atoms with Gasteiger partial charge >= 0.3 is 5.97 Å². The number of rotatable bonds is 4. The number of nitrogens with zero attached hydrogens (tertiary/aromatic N) is 1. The lowest BCUT2D eigenvalue weighted by Gasteiger charge is -2.34. The van der Waals surface area contributed by atoms with Crippen LogP contribution in [0.3, 0.4) is 0 Å². The van der Waals surface area contributed by atoms with Crippen LogP contribution in [0.1, 0.15) is 39.0 Å². The molecule has 0 unspecified atom stereocenters. The van der Waals surface area contributed by atoms with Crippen LogP contribution in [0.4, 0.5) is 0 Å². The van der Waals surface area contributed by atoms with Gasteiger partial charge in [-0.2, -0.15) is 0 Å². The molecule has 1 N–H and O–H groups in total. The predicted octanol–water partition coefficient (Wildman–Crippen LogP) is 1.73. The van der Waals surface area contributed by atoms with Gasteiger partial charge in [0, 0.05) is 6.04 Å². The lowest BCUT2D eigenvalue weighted by Crippen LogP contribution is -2.41. The summed E-state index contributed by atoms with van der Waals surface area (Å²) in [7, 11) is 0. The molecule has 1 atom stereocenters. The number of likely N-dealkylation sites (tertiary alicyclic amines) is 1. The number of carboxylic acids is 1. The van der Waals surface area contributed by atoms with Gasteiger partial charge in [0.05, 0.1) is 6.42 Å². The molecule has 0 saturated carbocycles. The Balaban J connectivity index is 2.41. The molecule has 0 aromatic carbocycles. The number of aliphatic carboxylic acids is 1. The summed E-state index contributed by atoms with van der Waals surface area (Å²) in [4.78, 5) is 12.9. The third kappa shape index (κ3) is 3.35. The summed E-state index contributed by atoms with van der Waals surface area (Å²) in [6.45, 7) is 4.29. The molecule has 1 aliphatic heterocycles. The van der Waals surface area contributed by atoms with E-state index in [9.17, 15) is 4.79 Å². The van der Waals surface area contributed by atoms with Crippen molar-refractivity contribution in [3.8, 4) is 0 Å². The highest BCUT2D eigenvalue weighted by atomic mass is 16.4. The zero-order chi connectivity index (χ0) is 9.68. The van der Waals surface area contributed by atoms with Gasteiger partial charge in [0.1, 0.15) is 0 Å². The molecule has 13 heavy (non-hydrogen) atoms. The number of piperidine rings is 1. The molecule has 1 rings (SSSR count). The first-order chi connectivity index (χ1) is 6.24. The van der Waals surface area contributed by atoms with E-state index in [1.54, 1.807) is 0 Å². The van der Waals surface area contributed by atoms with Gasteiger partial charge in [-0.15, -0.1) is 0 Å². The maximum absolute atomic E-state index is 10.6. The maximum Gasteiger partial charge on any atom is 0.304 e.